The highest BCUT2D eigenvalue weighted by Gasteiger charge is 2.36. The molecule has 0 aliphatic carbocycles. The standard InChI is InChI=1S/C28H32ClN5O7S4/c1-18(35)31-19-6-8-21(9-7-19)44(38,39)30-16-20-4-2-15-34(20)26(36)17-33-14-3-5-22(28(33)37)32-45(40,41)27-13-11-24(43-27)23-10-12-25(29)42-23/h6-13,20,22,30,32H,2-5,14-17H2,1H3,(H,31,35)/t20-,22-/m0/s1. The van der Waals surface area contributed by atoms with Crippen molar-refractivity contribution in [1.29, 1.82) is 0 Å². The number of carbonyl (C=O) groups excluding carboxylic acids is 3. The Balaban J connectivity index is 1.17. The summed E-state index contributed by atoms with van der Waals surface area (Å²) in [6, 6.07) is 11.1. The predicted octanol–water partition coefficient (Wildman–Crippen LogP) is 3.33. The highest BCUT2D eigenvalue weighted by molar-refractivity contribution is 7.91. The number of hydrogen-bond acceptors (Lipinski definition) is 9. The van der Waals surface area contributed by atoms with Gasteiger partial charge in [0, 0.05) is 48.0 Å². The maximum atomic E-state index is 13.3. The average molecular weight is 714 g/mol. The predicted molar refractivity (Wildman–Crippen MR) is 173 cm³/mol. The molecule has 0 unspecified atom stereocenters. The van der Waals surface area contributed by atoms with Crippen molar-refractivity contribution in [3.8, 4) is 9.75 Å². The normalized spacial score (nSPS) is 19.2. The highest BCUT2D eigenvalue weighted by atomic mass is 35.5. The van der Waals surface area contributed by atoms with Crippen molar-refractivity contribution in [3.63, 3.8) is 0 Å². The maximum absolute atomic E-state index is 13.3. The van der Waals surface area contributed by atoms with Crippen molar-refractivity contribution in [2.75, 3.05) is 31.5 Å². The van der Waals surface area contributed by atoms with Crippen molar-refractivity contribution >= 4 is 77.7 Å². The summed E-state index contributed by atoms with van der Waals surface area (Å²) in [5.74, 6) is -1.07. The molecule has 5 rings (SSSR count). The van der Waals surface area contributed by atoms with Gasteiger partial charge in [0.1, 0.15) is 10.3 Å². The summed E-state index contributed by atoms with van der Waals surface area (Å²) in [7, 11) is -7.86. The Morgan fingerprint density at radius 2 is 1.60 bits per heavy atom. The maximum Gasteiger partial charge on any atom is 0.250 e. The first kappa shape index (κ1) is 33.5. The van der Waals surface area contributed by atoms with Crippen molar-refractivity contribution in [3.05, 3.63) is 52.9 Å². The van der Waals surface area contributed by atoms with Crippen molar-refractivity contribution in [1.82, 2.24) is 19.2 Å². The van der Waals surface area contributed by atoms with Gasteiger partial charge in [-0.2, -0.15) is 4.72 Å². The van der Waals surface area contributed by atoms with Crippen LogP contribution in [0.1, 0.15) is 32.6 Å². The molecule has 12 nitrogen and oxygen atoms in total. The number of thiophene rings is 2. The zero-order valence-electron chi connectivity index (χ0n) is 24.2. The Labute approximate surface area is 274 Å². The monoisotopic (exact) mass is 713 g/mol. The van der Waals surface area contributed by atoms with E-state index in [2.05, 4.69) is 14.8 Å². The number of likely N-dealkylation sites (tertiary alicyclic amines) is 2. The lowest BCUT2D eigenvalue weighted by molar-refractivity contribution is -0.143. The first-order valence-electron chi connectivity index (χ1n) is 14.2. The van der Waals surface area contributed by atoms with Gasteiger partial charge >= 0.3 is 0 Å². The zero-order chi connectivity index (χ0) is 32.4. The third-order valence-corrected chi connectivity index (χ3v) is 13.4. The summed E-state index contributed by atoms with van der Waals surface area (Å²) < 4.78 is 57.8. The number of amides is 3. The Bertz CT molecular complexity index is 1790. The molecule has 0 spiro atoms. The molecule has 2 aliphatic heterocycles. The lowest BCUT2D eigenvalue weighted by Crippen LogP contribution is -2.55. The minimum atomic E-state index is -3.99. The summed E-state index contributed by atoms with van der Waals surface area (Å²) in [4.78, 5) is 42.4. The summed E-state index contributed by atoms with van der Waals surface area (Å²) in [6.07, 6.45) is 2.09. The number of nitrogens with one attached hydrogen (secondary N) is 3. The number of benzene rings is 1. The van der Waals surface area contributed by atoms with Crippen molar-refractivity contribution < 1.29 is 31.2 Å². The summed E-state index contributed by atoms with van der Waals surface area (Å²) >= 11 is 8.43. The molecule has 3 N–H and O–H groups in total. The number of nitrogens with zero attached hydrogens (tertiary/aromatic N) is 2. The van der Waals surface area contributed by atoms with Gasteiger partial charge < -0.3 is 15.1 Å². The number of carbonyl (C=O) groups is 3. The van der Waals surface area contributed by atoms with E-state index >= 15 is 0 Å². The average Bonchev–Trinajstić information content (AvgIpc) is 3.75. The number of anilines is 1. The van der Waals surface area contributed by atoms with E-state index in [0.717, 1.165) is 21.1 Å². The zero-order valence-corrected chi connectivity index (χ0v) is 28.2. The molecule has 2 aliphatic rings. The van der Waals surface area contributed by atoms with Crippen LogP contribution in [-0.4, -0.2) is 82.6 Å². The molecule has 242 valence electrons. The fourth-order valence-electron chi connectivity index (χ4n) is 5.34. The van der Waals surface area contributed by atoms with Gasteiger partial charge in [0.05, 0.1) is 15.8 Å². The number of hydrogen-bond donors (Lipinski definition) is 3. The minimum absolute atomic E-state index is 0.00162. The molecular weight excluding hydrogens is 682 g/mol. The van der Waals surface area contributed by atoms with Crippen LogP contribution in [0.2, 0.25) is 4.34 Å². The van der Waals surface area contributed by atoms with E-state index in [1.807, 2.05) is 6.07 Å². The Hall–Kier alpha value is -2.86. The van der Waals surface area contributed by atoms with E-state index in [-0.39, 0.29) is 34.0 Å². The fraction of sp³-hybridized carbons (Fsp3) is 0.393. The van der Waals surface area contributed by atoms with E-state index < -0.39 is 38.0 Å². The first-order chi connectivity index (χ1) is 21.3. The molecule has 2 aromatic heterocycles. The quantitative estimate of drug-likeness (QED) is 0.275. The molecule has 3 amide bonds. The second kappa shape index (κ2) is 13.9. The van der Waals surface area contributed by atoms with Gasteiger partial charge in [-0.1, -0.05) is 11.6 Å². The van der Waals surface area contributed by atoms with Crippen LogP contribution in [0.4, 0.5) is 5.69 Å². The van der Waals surface area contributed by atoms with Crippen LogP contribution in [0.5, 0.6) is 0 Å². The minimum Gasteiger partial charge on any atom is -0.337 e. The molecule has 0 bridgehead atoms. The third kappa shape index (κ3) is 8.11. The molecule has 0 saturated carbocycles. The first-order valence-corrected chi connectivity index (χ1v) is 19.1. The van der Waals surface area contributed by atoms with Gasteiger partial charge in [-0.15, -0.1) is 22.7 Å². The summed E-state index contributed by atoms with van der Waals surface area (Å²) in [6.45, 7) is 1.86. The van der Waals surface area contributed by atoms with E-state index in [9.17, 15) is 31.2 Å². The van der Waals surface area contributed by atoms with E-state index in [0.29, 0.717) is 48.8 Å². The van der Waals surface area contributed by atoms with E-state index in [1.54, 1.807) is 17.0 Å². The third-order valence-electron chi connectivity index (χ3n) is 7.51. The van der Waals surface area contributed by atoms with Crippen molar-refractivity contribution in [2.45, 2.75) is 53.8 Å². The number of piperidine rings is 1. The molecule has 2 saturated heterocycles. The van der Waals surface area contributed by atoms with E-state index in [1.165, 1.54) is 53.5 Å². The summed E-state index contributed by atoms with van der Waals surface area (Å²) in [5.41, 5.74) is 0.469. The van der Waals surface area contributed by atoms with Crippen molar-refractivity contribution in [2.24, 2.45) is 0 Å². The van der Waals surface area contributed by atoms with Crippen LogP contribution in [0.3, 0.4) is 0 Å². The summed E-state index contributed by atoms with van der Waals surface area (Å²) in [5, 5.41) is 2.58. The number of sulfonamides is 2. The second-order valence-corrected chi connectivity index (χ2v) is 17.2. The molecule has 17 heteroatoms. The smallest absolute Gasteiger partial charge is 0.250 e. The van der Waals surface area contributed by atoms with Gasteiger partial charge in [0.2, 0.25) is 27.7 Å². The molecular formula is C28H32ClN5O7S4. The van der Waals surface area contributed by atoms with Gasteiger partial charge in [-0.05, 0) is 74.2 Å². The highest BCUT2D eigenvalue weighted by Crippen LogP contribution is 2.37. The van der Waals surface area contributed by atoms with Crippen LogP contribution in [0.25, 0.3) is 9.75 Å². The number of rotatable bonds is 11. The lowest BCUT2D eigenvalue weighted by Gasteiger charge is -2.34. The van der Waals surface area contributed by atoms with Crippen LogP contribution in [0, 0.1) is 0 Å². The van der Waals surface area contributed by atoms with Crippen LogP contribution < -0.4 is 14.8 Å². The molecule has 2 atom stereocenters. The molecule has 1 aromatic carbocycles. The Kier molecular flexibility index (Phi) is 10.3. The fourth-order valence-corrected chi connectivity index (χ4v) is 10.1. The van der Waals surface area contributed by atoms with E-state index in [4.69, 9.17) is 11.6 Å². The Morgan fingerprint density at radius 3 is 2.29 bits per heavy atom. The SMILES string of the molecule is CC(=O)Nc1ccc(S(=O)(=O)NC[C@@H]2CCCN2C(=O)CN2CCC[C@H](NS(=O)(=O)c3ccc(-c4ccc(Cl)s4)s3)C2=O)cc1. The molecule has 3 aromatic rings. The Morgan fingerprint density at radius 1 is 0.911 bits per heavy atom. The van der Waals surface area contributed by atoms with Crippen LogP contribution in [0.15, 0.2) is 57.6 Å². The van der Waals surface area contributed by atoms with Gasteiger partial charge in [-0.3, -0.25) is 14.4 Å². The number of halogens is 1. The van der Waals surface area contributed by atoms with Gasteiger partial charge in [0.15, 0.2) is 0 Å². The second-order valence-electron chi connectivity index (χ2n) is 10.7. The molecule has 4 heterocycles. The molecule has 45 heavy (non-hydrogen) atoms. The van der Waals surface area contributed by atoms with Crippen LogP contribution in [-0.2, 0) is 34.4 Å². The largest absolute Gasteiger partial charge is 0.337 e. The molecule has 0 radical (unpaired) electrons. The van der Waals surface area contributed by atoms with Gasteiger partial charge in [0.25, 0.3) is 10.0 Å². The lowest BCUT2D eigenvalue weighted by atomic mass is 10.1. The van der Waals surface area contributed by atoms with Crippen LogP contribution >= 0.6 is 34.3 Å². The molecule has 2 fully saturated rings. The van der Waals surface area contributed by atoms with Gasteiger partial charge in [-0.25, -0.2) is 21.6 Å². The topological polar surface area (TPSA) is 162 Å².